The Morgan fingerprint density at radius 1 is 0.850 bits per heavy atom. The molecule has 0 aliphatic rings. The normalized spacial score (nSPS) is 10.4. The minimum absolute atomic E-state index is 0.150. The van der Waals surface area contributed by atoms with Gasteiger partial charge in [-0.25, -0.2) is 4.98 Å². The standard InChI is InChI=1S/C16H13N3O/c1-11-15(12-7-3-2-4-8-12)17-16(19-18-11)13-9-5-6-10-14(13)20/h2-10,20H,1H3. The smallest absolute Gasteiger partial charge is 0.186 e. The van der Waals surface area contributed by atoms with E-state index in [1.54, 1.807) is 18.2 Å². The molecule has 0 unspecified atom stereocenters. The molecule has 2 aromatic carbocycles. The van der Waals surface area contributed by atoms with Gasteiger partial charge < -0.3 is 5.11 Å². The van der Waals surface area contributed by atoms with Crippen LogP contribution in [0.15, 0.2) is 54.6 Å². The molecule has 0 spiro atoms. The van der Waals surface area contributed by atoms with E-state index in [4.69, 9.17) is 0 Å². The average molecular weight is 263 g/mol. The molecule has 0 aliphatic heterocycles. The Balaban J connectivity index is 2.15. The number of phenols is 1. The SMILES string of the molecule is Cc1nnc(-c2ccccc2O)nc1-c1ccccc1. The van der Waals surface area contributed by atoms with Crippen LogP contribution in [0.1, 0.15) is 5.69 Å². The van der Waals surface area contributed by atoms with Gasteiger partial charge >= 0.3 is 0 Å². The Bertz CT molecular complexity index is 742. The summed E-state index contributed by atoms with van der Waals surface area (Å²) >= 11 is 0. The zero-order valence-electron chi connectivity index (χ0n) is 11.0. The van der Waals surface area contributed by atoms with Crippen LogP contribution in [0.5, 0.6) is 5.75 Å². The van der Waals surface area contributed by atoms with E-state index in [2.05, 4.69) is 15.2 Å². The molecule has 0 radical (unpaired) electrons. The maximum atomic E-state index is 9.89. The predicted octanol–water partition coefficient (Wildman–Crippen LogP) is 3.22. The van der Waals surface area contributed by atoms with Crippen LogP contribution in [0, 0.1) is 6.92 Å². The van der Waals surface area contributed by atoms with Crippen LogP contribution in [-0.4, -0.2) is 20.3 Å². The summed E-state index contributed by atoms with van der Waals surface area (Å²) in [7, 11) is 0. The maximum Gasteiger partial charge on any atom is 0.186 e. The second kappa shape index (κ2) is 5.09. The highest BCUT2D eigenvalue weighted by Gasteiger charge is 2.11. The van der Waals surface area contributed by atoms with Crippen molar-refractivity contribution >= 4 is 0 Å². The van der Waals surface area contributed by atoms with Crippen LogP contribution in [0.3, 0.4) is 0 Å². The van der Waals surface area contributed by atoms with Gasteiger partial charge in [0, 0.05) is 5.56 Å². The first-order valence-corrected chi connectivity index (χ1v) is 6.31. The molecule has 0 fully saturated rings. The van der Waals surface area contributed by atoms with Crippen molar-refractivity contribution in [1.29, 1.82) is 0 Å². The molecule has 0 atom stereocenters. The third-order valence-corrected chi connectivity index (χ3v) is 3.05. The third kappa shape index (κ3) is 2.23. The molecule has 3 rings (SSSR count). The van der Waals surface area contributed by atoms with Gasteiger partial charge in [0.05, 0.1) is 17.0 Å². The van der Waals surface area contributed by atoms with Crippen molar-refractivity contribution in [2.45, 2.75) is 6.92 Å². The quantitative estimate of drug-likeness (QED) is 0.771. The minimum atomic E-state index is 0.150. The molecule has 4 nitrogen and oxygen atoms in total. The van der Waals surface area contributed by atoms with Gasteiger partial charge in [-0.2, -0.15) is 5.10 Å². The van der Waals surface area contributed by atoms with Crippen LogP contribution < -0.4 is 0 Å². The molecule has 0 saturated heterocycles. The Labute approximate surface area is 116 Å². The molecule has 0 saturated carbocycles. The molecule has 20 heavy (non-hydrogen) atoms. The van der Waals surface area contributed by atoms with Crippen molar-refractivity contribution < 1.29 is 5.11 Å². The van der Waals surface area contributed by atoms with Gasteiger partial charge in [-0.3, -0.25) is 0 Å². The van der Waals surface area contributed by atoms with E-state index in [0.29, 0.717) is 11.4 Å². The average Bonchev–Trinajstić information content (AvgIpc) is 2.49. The first-order chi connectivity index (χ1) is 9.75. The zero-order valence-corrected chi connectivity index (χ0v) is 11.0. The molecule has 1 heterocycles. The third-order valence-electron chi connectivity index (χ3n) is 3.05. The Hall–Kier alpha value is -2.75. The molecular formula is C16H13N3O. The van der Waals surface area contributed by atoms with Gasteiger partial charge in [-0.15, -0.1) is 5.10 Å². The summed E-state index contributed by atoms with van der Waals surface area (Å²) in [5.74, 6) is 0.574. The number of nitrogens with zero attached hydrogens (tertiary/aromatic N) is 3. The first-order valence-electron chi connectivity index (χ1n) is 6.31. The summed E-state index contributed by atoms with van der Waals surface area (Å²) in [6.45, 7) is 1.87. The molecular weight excluding hydrogens is 250 g/mol. The lowest BCUT2D eigenvalue weighted by Crippen LogP contribution is -1.99. The Morgan fingerprint density at radius 3 is 2.30 bits per heavy atom. The molecule has 0 amide bonds. The molecule has 0 bridgehead atoms. The molecule has 3 aromatic rings. The van der Waals surface area contributed by atoms with E-state index in [1.807, 2.05) is 43.3 Å². The lowest BCUT2D eigenvalue weighted by molar-refractivity contribution is 0.476. The van der Waals surface area contributed by atoms with Crippen LogP contribution in [0.25, 0.3) is 22.6 Å². The molecule has 98 valence electrons. The Morgan fingerprint density at radius 2 is 1.55 bits per heavy atom. The summed E-state index contributed by atoms with van der Waals surface area (Å²) in [5.41, 5.74) is 3.10. The first kappa shape index (κ1) is 12.3. The Kier molecular flexibility index (Phi) is 3.13. The molecule has 4 heteroatoms. The number of hydrogen-bond donors (Lipinski definition) is 1. The number of aromatic nitrogens is 3. The summed E-state index contributed by atoms with van der Waals surface area (Å²) in [5, 5.41) is 18.1. The van der Waals surface area contributed by atoms with E-state index in [0.717, 1.165) is 17.0 Å². The van der Waals surface area contributed by atoms with Crippen molar-refractivity contribution in [2.75, 3.05) is 0 Å². The number of aryl methyl sites for hydroxylation is 1. The summed E-state index contributed by atoms with van der Waals surface area (Å²) in [6, 6.07) is 16.8. The molecule has 0 aliphatic carbocycles. The summed E-state index contributed by atoms with van der Waals surface area (Å²) in [6.07, 6.45) is 0. The molecule has 1 aromatic heterocycles. The highest BCUT2D eigenvalue weighted by Crippen LogP contribution is 2.27. The molecule has 1 N–H and O–H groups in total. The second-order valence-corrected chi connectivity index (χ2v) is 4.45. The number of para-hydroxylation sites is 1. The van der Waals surface area contributed by atoms with Crippen LogP contribution in [-0.2, 0) is 0 Å². The van der Waals surface area contributed by atoms with Crippen molar-refractivity contribution in [3.8, 4) is 28.4 Å². The van der Waals surface area contributed by atoms with E-state index >= 15 is 0 Å². The van der Waals surface area contributed by atoms with E-state index < -0.39 is 0 Å². The van der Waals surface area contributed by atoms with Gasteiger partial charge in [0.1, 0.15) is 5.75 Å². The number of aromatic hydroxyl groups is 1. The fraction of sp³-hybridized carbons (Fsp3) is 0.0625. The predicted molar refractivity (Wildman–Crippen MR) is 77.1 cm³/mol. The zero-order chi connectivity index (χ0) is 13.9. The van der Waals surface area contributed by atoms with Crippen molar-refractivity contribution in [3.05, 3.63) is 60.3 Å². The fourth-order valence-corrected chi connectivity index (χ4v) is 2.03. The maximum absolute atomic E-state index is 9.89. The fourth-order valence-electron chi connectivity index (χ4n) is 2.03. The minimum Gasteiger partial charge on any atom is -0.507 e. The summed E-state index contributed by atoms with van der Waals surface area (Å²) in [4.78, 5) is 4.54. The van der Waals surface area contributed by atoms with Gasteiger partial charge in [0.2, 0.25) is 0 Å². The lowest BCUT2D eigenvalue weighted by atomic mass is 10.1. The largest absolute Gasteiger partial charge is 0.507 e. The lowest BCUT2D eigenvalue weighted by Gasteiger charge is -2.07. The van der Waals surface area contributed by atoms with Crippen molar-refractivity contribution in [1.82, 2.24) is 15.2 Å². The number of hydrogen-bond acceptors (Lipinski definition) is 4. The van der Waals surface area contributed by atoms with E-state index in [1.165, 1.54) is 0 Å². The highest BCUT2D eigenvalue weighted by atomic mass is 16.3. The van der Waals surface area contributed by atoms with Crippen LogP contribution in [0.2, 0.25) is 0 Å². The van der Waals surface area contributed by atoms with Gasteiger partial charge in [0.25, 0.3) is 0 Å². The van der Waals surface area contributed by atoms with E-state index in [-0.39, 0.29) is 5.75 Å². The number of benzene rings is 2. The second-order valence-electron chi connectivity index (χ2n) is 4.45. The van der Waals surface area contributed by atoms with Gasteiger partial charge in [-0.1, -0.05) is 42.5 Å². The van der Waals surface area contributed by atoms with Gasteiger partial charge in [0.15, 0.2) is 5.82 Å². The number of rotatable bonds is 2. The van der Waals surface area contributed by atoms with E-state index in [9.17, 15) is 5.11 Å². The van der Waals surface area contributed by atoms with Crippen LogP contribution in [0.4, 0.5) is 0 Å². The van der Waals surface area contributed by atoms with Crippen LogP contribution >= 0.6 is 0 Å². The van der Waals surface area contributed by atoms with Gasteiger partial charge in [-0.05, 0) is 19.1 Å². The number of phenolic OH excluding ortho intramolecular Hbond substituents is 1. The highest BCUT2D eigenvalue weighted by molar-refractivity contribution is 5.67. The van der Waals surface area contributed by atoms with Crippen molar-refractivity contribution in [3.63, 3.8) is 0 Å². The summed E-state index contributed by atoms with van der Waals surface area (Å²) < 4.78 is 0. The monoisotopic (exact) mass is 263 g/mol. The van der Waals surface area contributed by atoms with Crippen molar-refractivity contribution in [2.24, 2.45) is 0 Å². The topological polar surface area (TPSA) is 58.9 Å².